The zero-order valence-electron chi connectivity index (χ0n) is 9.60. The van der Waals surface area contributed by atoms with Crippen LogP contribution in [0.15, 0.2) is 24.3 Å². The zero-order valence-corrected chi connectivity index (χ0v) is 9.60. The molecule has 0 saturated heterocycles. The van der Waals surface area contributed by atoms with E-state index in [2.05, 4.69) is 18.8 Å². The van der Waals surface area contributed by atoms with Gasteiger partial charge in [-0.15, -0.1) is 0 Å². The first-order chi connectivity index (χ1) is 8.15. The van der Waals surface area contributed by atoms with E-state index >= 15 is 0 Å². The van der Waals surface area contributed by atoms with Crippen LogP contribution in [0.25, 0.3) is 0 Å². The average Bonchev–Trinajstić information content (AvgIpc) is 2.34. The highest BCUT2D eigenvalue weighted by molar-refractivity contribution is 6.09. The summed E-state index contributed by atoms with van der Waals surface area (Å²) in [4.78, 5) is 21.5. The van der Waals surface area contributed by atoms with Crippen LogP contribution in [0.1, 0.15) is 36.5 Å². The van der Waals surface area contributed by atoms with Crippen LogP contribution in [0.5, 0.6) is 0 Å². The summed E-state index contributed by atoms with van der Waals surface area (Å²) in [6, 6.07) is 5.46. The Hall–Kier alpha value is -2.15. The number of nitro groups is 1. The first-order valence-electron chi connectivity index (χ1n) is 5.42. The second kappa shape index (κ2) is 6.44. The molecule has 1 aromatic carbocycles. The highest BCUT2D eigenvalue weighted by atomic mass is 16.6. The lowest BCUT2D eigenvalue weighted by Crippen LogP contribution is -1.95. The lowest BCUT2D eigenvalue weighted by molar-refractivity contribution is -0.384. The molecule has 1 rings (SSSR count). The quantitative estimate of drug-likeness (QED) is 0.200. The van der Waals surface area contributed by atoms with Gasteiger partial charge in [-0.25, -0.2) is 0 Å². The topological polar surface area (TPSA) is 60.2 Å². The fraction of sp³-hybridized carbons (Fsp3) is 0.308. The van der Waals surface area contributed by atoms with E-state index in [-0.39, 0.29) is 11.5 Å². The van der Waals surface area contributed by atoms with Gasteiger partial charge in [0, 0.05) is 24.1 Å². The molecule has 0 unspecified atom stereocenters. The summed E-state index contributed by atoms with van der Waals surface area (Å²) in [5.74, 6) is 5.02. The standard InChI is InChI=1S/C13H13NO3/c1-2-3-4-5-6-13(15)11-7-9-12(10-8-11)14(16)17/h7-10H,2-4H2,1H3. The molecule has 17 heavy (non-hydrogen) atoms. The number of rotatable bonds is 4. The number of ketones is 1. The molecule has 0 spiro atoms. The first-order valence-corrected chi connectivity index (χ1v) is 5.42. The van der Waals surface area contributed by atoms with Crippen molar-refractivity contribution in [2.45, 2.75) is 26.2 Å². The summed E-state index contributed by atoms with van der Waals surface area (Å²) < 4.78 is 0. The summed E-state index contributed by atoms with van der Waals surface area (Å²) in [7, 11) is 0. The van der Waals surface area contributed by atoms with Crippen LogP contribution in [0.4, 0.5) is 5.69 Å². The molecule has 0 aliphatic heterocycles. The Kier molecular flexibility index (Phi) is 4.89. The van der Waals surface area contributed by atoms with Crippen molar-refractivity contribution in [3.63, 3.8) is 0 Å². The van der Waals surface area contributed by atoms with Crippen molar-refractivity contribution in [1.82, 2.24) is 0 Å². The smallest absolute Gasteiger partial charge is 0.269 e. The van der Waals surface area contributed by atoms with Gasteiger partial charge in [0.2, 0.25) is 5.78 Å². The predicted molar refractivity (Wildman–Crippen MR) is 64.7 cm³/mol. The summed E-state index contributed by atoms with van der Waals surface area (Å²) in [5, 5.41) is 10.4. The number of nitro benzene ring substituents is 1. The SMILES string of the molecule is CCCCC#CC(=O)c1ccc([N+](=O)[O-])cc1. The van der Waals surface area contributed by atoms with Crippen molar-refractivity contribution >= 4 is 11.5 Å². The van der Waals surface area contributed by atoms with E-state index in [1.807, 2.05) is 0 Å². The van der Waals surface area contributed by atoms with Gasteiger partial charge in [0.05, 0.1) is 4.92 Å². The third-order valence-electron chi connectivity index (χ3n) is 2.20. The highest BCUT2D eigenvalue weighted by Gasteiger charge is 2.07. The first kappa shape index (κ1) is 12.9. The number of carbonyl (C=O) groups excluding carboxylic acids is 1. The van der Waals surface area contributed by atoms with Crippen molar-refractivity contribution < 1.29 is 9.72 Å². The monoisotopic (exact) mass is 231 g/mol. The molecule has 4 nitrogen and oxygen atoms in total. The van der Waals surface area contributed by atoms with Crippen molar-refractivity contribution in [2.24, 2.45) is 0 Å². The van der Waals surface area contributed by atoms with E-state index in [1.165, 1.54) is 24.3 Å². The largest absolute Gasteiger partial charge is 0.279 e. The Balaban J connectivity index is 2.69. The van der Waals surface area contributed by atoms with Gasteiger partial charge in [0.25, 0.3) is 5.69 Å². The molecule has 0 aliphatic rings. The maximum absolute atomic E-state index is 11.5. The van der Waals surface area contributed by atoms with Gasteiger partial charge in [-0.2, -0.15) is 0 Å². The van der Waals surface area contributed by atoms with Crippen molar-refractivity contribution in [2.75, 3.05) is 0 Å². The number of hydrogen-bond acceptors (Lipinski definition) is 3. The Bertz CT molecular complexity index is 466. The van der Waals surface area contributed by atoms with E-state index in [0.29, 0.717) is 12.0 Å². The van der Waals surface area contributed by atoms with E-state index in [4.69, 9.17) is 0 Å². The number of non-ortho nitro benzene ring substituents is 1. The van der Waals surface area contributed by atoms with Crippen LogP contribution < -0.4 is 0 Å². The number of hydrogen-bond donors (Lipinski definition) is 0. The molecule has 4 heteroatoms. The number of carbonyl (C=O) groups is 1. The molecular formula is C13H13NO3. The van der Waals surface area contributed by atoms with Gasteiger partial charge in [-0.05, 0) is 24.5 Å². The third kappa shape index (κ3) is 4.07. The Morgan fingerprint density at radius 1 is 1.35 bits per heavy atom. The number of benzene rings is 1. The molecule has 0 N–H and O–H groups in total. The Labute approximate surface area is 99.8 Å². The van der Waals surface area contributed by atoms with Crippen LogP contribution in [-0.2, 0) is 0 Å². The number of Topliss-reactive ketones (excluding diaryl/α,β-unsaturated/α-hetero) is 1. The van der Waals surface area contributed by atoms with Crippen LogP contribution in [0.3, 0.4) is 0 Å². The van der Waals surface area contributed by atoms with Gasteiger partial charge in [-0.3, -0.25) is 14.9 Å². The van der Waals surface area contributed by atoms with E-state index < -0.39 is 4.92 Å². The second-order valence-corrected chi connectivity index (χ2v) is 3.54. The van der Waals surface area contributed by atoms with Crippen LogP contribution in [-0.4, -0.2) is 10.7 Å². The molecule has 0 fully saturated rings. The van der Waals surface area contributed by atoms with E-state index in [9.17, 15) is 14.9 Å². The normalized spacial score (nSPS) is 9.24. The maximum atomic E-state index is 11.5. The molecule has 0 aliphatic carbocycles. The number of unbranched alkanes of at least 4 members (excludes halogenated alkanes) is 2. The van der Waals surface area contributed by atoms with Gasteiger partial charge in [0.15, 0.2) is 0 Å². The predicted octanol–water partition coefficient (Wildman–Crippen LogP) is 2.97. The van der Waals surface area contributed by atoms with Gasteiger partial charge >= 0.3 is 0 Å². The molecule has 0 radical (unpaired) electrons. The van der Waals surface area contributed by atoms with Gasteiger partial charge in [-0.1, -0.05) is 19.3 Å². The molecule has 0 bridgehead atoms. The maximum Gasteiger partial charge on any atom is 0.269 e. The molecule has 0 aromatic heterocycles. The summed E-state index contributed by atoms with van der Waals surface area (Å²) >= 11 is 0. The average molecular weight is 231 g/mol. The molecule has 1 aromatic rings. The van der Waals surface area contributed by atoms with Crippen molar-refractivity contribution in [3.8, 4) is 11.8 Å². The Morgan fingerprint density at radius 2 is 2.00 bits per heavy atom. The van der Waals surface area contributed by atoms with Crippen molar-refractivity contribution in [3.05, 3.63) is 39.9 Å². The molecule has 0 atom stereocenters. The van der Waals surface area contributed by atoms with Crippen molar-refractivity contribution in [1.29, 1.82) is 0 Å². The molecular weight excluding hydrogens is 218 g/mol. The minimum atomic E-state index is -0.499. The fourth-order valence-corrected chi connectivity index (χ4v) is 1.21. The molecule has 0 saturated carbocycles. The molecule has 88 valence electrons. The lowest BCUT2D eigenvalue weighted by atomic mass is 10.1. The van der Waals surface area contributed by atoms with Crippen LogP contribution in [0, 0.1) is 22.0 Å². The number of nitrogens with zero attached hydrogens (tertiary/aromatic N) is 1. The van der Waals surface area contributed by atoms with Crippen LogP contribution >= 0.6 is 0 Å². The summed E-state index contributed by atoms with van der Waals surface area (Å²) in [6.07, 6.45) is 2.72. The van der Waals surface area contributed by atoms with Gasteiger partial charge < -0.3 is 0 Å². The minimum Gasteiger partial charge on any atom is -0.279 e. The summed E-state index contributed by atoms with van der Waals surface area (Å²) in [5.41, 5.74) is 0.361. The fourth-order valence-electron chi connectivity index (χ4n) is 1.21. The zero-order chi connectivity index (χ0) is 12.7. The van der Waals surface area contributed by atoms with Crippen LogP contribution in [0.2, 0.25) is 0 Å². The van der Waals surface area contributed by atoms with Gasteiger partial charge in [0.1, 0.15) is 0 Å². The Morgan fingerprint density at radius 3 is 2.53 bits per heavy atom. The second-order valence-electron chi connectivity index (χ2n) is 3.54. The summed E-state index contributed by atoms with van der Waals surface area (Å²) in [6.45, 7) is 2.06. The molecule has 0 amide bonds. The highest BCUT2D eigenvalue weighted by Crippen LogP contribution is 2.11. The molecule has 0 heterocycles. The minimum absolute atomic E-state index is 0.0273. The van der Waals surface area contributed by atoms with E-state index in [0.717, 1.165) is 12.8 Å². The lowest BCUT2D eigenvalue weighted by Gasteiger charge is -1.93. The van der Waals surface area contributed by atoms with E-state index in [1.54, 1.807) is 0 Å². The third-order valence-corrected chi connectivity index (χ3v) is 2.20.